The average molecular weight is 390 g/mol. The molecule has 1 aromatic carbocycles. The Kier molecular flexibility index (Phi) is 7.85. The van der Waals surface area contributed by atoms with E-state index in [4.69, 9.17) is 4.74 Å². The van der Waals surface area contributed by atoms with Gasteiger partial charge in [-0.15, -0.1) is 0 Å². The van der Waals surface area contributed by atoms with Gasteiger partial charge in [0.2, 0.25) is 0 Å². The van der Waals surface area contributed by atoms with Crippen LogP contribution in [0.3, 0.4) is 0 Å². The lowest BCUT2D eigenvalue weighted by Gasteiger charge is -2.19. The summed E-state index contributed by atoms with van der Waals surface area (Å²) in [5, 5.41) is 6.28. The van der Waals surface area contributed by atoms with Crippen LogP contribution in [-0.2, 0) is 17.9 Å². The van der Waals surface area contributed by atoms with Crippen molar-refractivity contribution in [3.05, 3.63) is 35.1 Å². The third kappa shape index (κ3) is 7.34. The van der Waals surface area contributed by atoms with Crippen LogP contribution in [0.5, 0.6) is 0 Å². The lowest BCUT2D eigenvalue weighted by Crippen LogP contribution is -2.45. The Morgan fingerprint density at radius 1 is 1.37 bits per heavy atom. The second-order valence-corrected chi connectivity index (χ2v) is 6.53. The van der Waals surface area contributed by atoms with Crippen LogP contribution >= 0.6 is 0 Å². The first kappa shape index (κ1) is 21.4. The van der Waals surface area contributed by atoms with Crippen molar-refractivity contribution < 1.29 is 22.3 Å². The second-order valence-electron chi connectivity index (χ2n) is 6.53. The Balaban J connectivity index is 1.96. The van der Waals surface area contributed by atoms with E-state index >= 15 is 0 Å². The molecule has 0 aliphatic carbocycles. The zero-order chi connectivity index (χ0) is 19.9. The number of halogens is 4. The molecule has 1 aliphatic rings. The molecule has 2 rings (SSSR count). The highest BCUT2D eigenvalue weighted by molar-refractivity contribution is 5.80. The van der Waals surface area contributed by atoms with Crippen molar-refractivity contribution >= 4 is 5.96 Å². The first-order chi connectivity index (χ1) is 12.8. The van der Waals surface area contributed by atoms with Gasteiger partial charge in [0.05, 0.1) is 19.7 Å². The van der Waals surface area contributed by atoms with Crippen LogP contribution in [0.15, 0.2) is 23.2 Å². The van der Waals surface area contributed by atoms with Crippen molar-refractivity contribution in [3.63, 3.8) is 0 Å². The topological polar surface area (TPSA) is 48.9 Å². The summed E-state index contributed by atoms with van der Waals surface area (Å²) in [5.74, 6) is 0.208. The van der Waals surface area contributed by atoms with Crippen molar-refractivity contribution in [1.29, 1.82) is 0 Å². The SMILES string of the molecule is CCNC(=NCc1ccc(F)c(COC)c1)NC1CCN(CC(F)(F)F)C1. The van der Waals surface area contributed by atoms with E-state index in [0.29, 0.717) is 44.1 Å². The third-order valence-corrected chi connectivity index (χ3v) is 4.19. The monoisotopic (exact) mass is 390 g/mol. The largest absolute Gasteiger partial charge is 0.401 e. The van der Waals surface area contributed by atoms with Gasteiger partial charge in [0, 0.05) is 38.3 Å². The number of guanidine groups is 1. The van der Waals surface area contributed by atoms with Crippen LogP contribution in [-0.4, -0.2) is 56.4 Å². The predicted molar refractivity (Wildman–Crippen MR) is 96.0 cm³/mol. The van der Waals surface area contributed by atoms with E-state index in [1.165, 1.54) is 18.1 Å². The summed E-state index contributed by atoms with van der Waals surface area (Å²) < 4.78 is 56.2. The molecule has 27 heavy (non-hydrogen) atoms. The van der Waals surface area contributed by atoms with E-state index in [0.717, 1.165) is 5.56 Å². The van der Waals surface area contributed by atoms with Gasteiger partial charge in [-0.25, -0.2) is 9.38 Å². The van der Waals surface area contributed by atoms with Gasteiger partial charge in [-0.05, 0) is 31.0 Å². The number of nitrogens with zero attached hydrogens (tertiary/aromatic N) is 2. The Morgan fingerprint density at radius 2 is 2.15 bits per heavy atom. The van der Waals surface area contributed by atoms with Crippen molar-refractivity contribution in [2.45, 2.75) is 38.7 Å². The molecule has 2 N–H and O–H groups in total. The van der Waals surface area contributed by atoms with Gasteiger partial charge >= 0.3 is 6.18 Å². The summed E-state index contributed by atoms with van der Waals surface area (Å²) in [4.78, 5) is 5.86. The number of hydrogen-bond acceptors (Lipinski definition) is 3. The number of nitrogens with one attached hydrogen (secondary N) is 2. The summed E-state index contributed by atoms with van der Waals surface area (Å²) in [6.45, 7) is 2.87. The van der Waals surface area contributed by atoms with Crippen molar-refractivity contribution in [2.75, 3.05) is 33.3 Å². The highest BCUT2D eigenvalue weighted by Gasteiger charge is 2.34. The molecule has 1 aromatic rings. The van der Waals surface area contributed by atoms with E-state index in [2.05, 4.69) is 15.6 Å². The van der Waals surface area contributed by atoms with Crippen LogP contribution < -0.4 is 10.6 Å². The van der Waals surface area contributed by atoms with Crippen LogP contribution in [0, 0.1) is 5.82 Å². The van der Waals surface area contributed by atoms with E-state index in [-0.39, 0.29) is 18.5 Å². The van der Waals surface area contributed by atoms with Gasteiger partial charge in [0.25, 0.3) is 0 Å². The molecular formula is C18H26F4N4O. The molecule has 1 unspecified atom stereocenters. The standard InChI is InChI=1S/C18H26F4N4O/c1-3-23-17(25-15-6-7-26(10-15)12-18(20,21)22)24-9-13-4-5-16(19)14(8-13)11-27-2/h4-5,8,15H,3,6-7,9-12H2,1-2H3,(H2,23,24,25). The van der Waals surface area contributed by atoms with Crippen LogP contribution in [0.25, 0.3) is 0 Å². The molecule has 5 nitrogen and oxygen atoms in total. The van der Waals surface area contributed by atoms with E-state index in [1.54, 1.807) is 12.1 Å². The van der Waals surface area contributed by atoms with E-state index in [1.807, 2.05) is 6.92 Å². The minimum Gasteiger partial charge on any atom is -0.380 e. The Labute approximate surface area is 156 Å². The minimum absolute atomic E-state index is 0.0950. The fourth-order valence-corrected chi connectivity index (χ4v) is 3.02. The number of aliphatic imine (C=N–C) groups is 1. The summed E-state index contributed by atoms with van der Waals surface area (Å²) in [5.41, 5.74) is 1.28. The smallest absolute Gasteiger partial charge is 0.380 e. The zero-order valence-electron chi connectivity index (χ0n) is 15.6. The van der Waals surface area contributed by atoms with Crippen molar-refractivity contribution in [1.82, 2.24) is 15.5 Å². The van der Waals surface area contributed by atoms with Gasteiger partial charge in [-0.2, -0.15) is 13.2 Å². The first-order valence-electron chi connectivity index (χ1n) is 8.91. The van der Waals surface area contributed by atoms with Crippen LogP contribution in [0.4, 0.5) is 17.6 Å². The maximum Gasteiger partial charge on any atom is 0.401 e. The predicted octanol–water partition coefficient (Wildman–Crippen LogP) is 2.66. The molecule has 0 saturated carbocycles. The number of ether oxygens (including phenoxy) is 1. The number of alkyl halides is 3. The molecule has 9 heteroatoms. The summed E-state index contributed by atoms with van der Waals surface area (Å²) in [6, 6.07) is 4.64. The molecule has 0 radical (unpaired) electrons. The molecule has 1 aliphatic heterocycles. The minimum atomic E-state index is -4.18. The first-order valence-corrected chi connectivity index (χ1v) is 8.91. The highest BCUT2D eigenvalue weighted by Crippen LogP contribution is 2.20. The fourth-order valence-electron chi connectivity index (χ4n) is 3.02. The average Bonchev–Trinajstić information content (AvgIpc) is 3.00. The quantitative estimate of drug-likeness (QED) is 0.427. The molecule has 0 aromatic heterocycles. The number of methoxy groups -OCH3 is 1. The summed E-state index contributed by atoms with van der Waals surface area (Å²) in [7, 11) is 1.50. The fraction of sp³-hybridized carbons (Fsp3) is 0.611. The number of benzene rings is 1. The molecule has 0 amide bonds. The Morgan fingerprint density at radius 3 is 2.81 bits per heavy atom. The van der Waals surface area contributed by atoms with Gasteiger partial charge < -0.3 is 15.4 Å². The molecule has 0 spiro atoms. The Hall–Kier alpha value is -1.87. The summed E-state index contributed by atoms with van der Waals surface area (Å²) >= 11 is 0. The van der Waals surface area contributed by atoms with E-state index < -0.39 is 12.7 Å². The van der Waals surface area contributed by atoms with Gasteiger partial charge in [0.1, 0.15) is 5.82 Å². The zero-order valence-corrected chi connectivity index (χ0v) is 15.6. The van der Waals surface area contributed by atoms with Crippen LogP contribution in [0.2, 0.25) is 0 Å². The second kappa shape index (κ2) is 9.89. The molecular weight excluding hydrogens is 364 g/mol. The van der Waals surface area contributed by atoms with Crippen LogP contribution in [0.1, 0.15) is 24.5 Å². The van der Waals surface area contributed by atoms with Gasteiger partial charge in [-0.1, -0.05) is 6.07 Å². The number of rotatable bonds is 7. The van der Waals surface area contributed by atoms with Crippen molar-refractivity contribution in [2.24, 2.45) is 4.99 Å². The number of likely N-dealkylation sites (tertiary alicyclic amines) is 1. The maximum absolute atomic E-state index is 13.7. The molecule has 1 atom stereocenters. The third-order valence-electron chi connectivity index (χ3n) is 4.19. The van der Waals surface area contributed by atoms with Crippen molar-refractivity contribution in [3.8, 4) is 0 Å². The normalized spacial score (nSPS) is 18.7. The van der Waals surface area contributed by atoms with Gasteiger partial charge in [-0.3, -0.25) is 4.90 Å². The Bertz CT molecular complexity index is 636. The highest BCUT2D eigenvalue weighted by atomic mass is 19.4. The van der Waals surface area contributed by atoms with Gasteiger partial charge in [0.15, 0.2) is 5.96 Å². The van der Waals surface area contributed by atoms with E-state index in [9.17, 15) is 17.6 Å². The molecule has 152 valence electrons. The molecule has 1 saturated heterocycles. The maximum atomic E-state index is 13.7. The lowest BCUT2D eigenvalue weighted by molar-refractivity contribution is -0.143. The lowest BCUT2D eigenvalue weighted by atomic mass is 10.1. The molecule has 1 heterocycles. The molecule has 0 bridgehead atoms. The molecule has 1 fully saturated rings. The summed E-state index contributed by atoms with van der Waals surface area (Å²) in [6.07, 6.45) is -3.56. The number of hydrogen-bond donors (Lipinski definition) is 2.